The minimum atomic E-state index is -0.243. The number of hydrogen-bond donors (Lipinski definition) is 1. The van der Waals surface area contributed by atoms with E-state index in [2.05, 4.69) is 11.9 Å². The molecule has 1 heterocycles. The number of fused-ring (bicyclic) bond motifs is 2. The Kier molecular flexibility index (Phi) is 2.91. The van der Waals surface area contributed by atoms with Crippen molar-refractivity contribution in [2.45, 2.75) is 18.9 Å². The lowest BCUT2D eigenvalue weighted by Gasteiger charge is -2.40. The molecular formula is C18H18FNO2. The first kappa shape index (κ1) is 13.6. The van der Waals surface area contributed by atoms with Gasteiger partial charge in [-0.25, -0.2) is 4.39 Å². The van der Waals surface area contributed by atoms with Crippen molar-refractivity contribution in [3.05, 3.63) is 46.8 Å². The average molecular weight is 299 g/mol. The van der Waals surface area contributed by atoms with Crippen molar-refractivity contribution in [2.75, 3.05) is 20.7 Å². The number of aromatic hydroxyl groups is 1. The molecule has 22 heavy (non-hydrogen) atoms. The molecule has 0 aromatic heterocycles. The second-order valence-corrected chi connectivity index (χ2v) is 6.13. The predicted molar refractivity (Wildman–Crippen MR) is 82.8 cm³/mol. The van der Waals surface area contributed by atoms with Crippen LogP contribution in [0.25, 0.3) is 11.1 Å². The van der Waals surface area contributed by atoms with E-state index >= 15 is 0 Å². The summed E-state index contributed by atoms with van der Waals surface area (Å²) in [7, 11) is 3.64. The van der Waals surface area contributed by atoms with E-state index in [0.717, 1.165) is 47.2 Å². The monoisotopic (exact) mass is 299 g/mol. The molecule has 1 aliphatic heterocycles. The van der Waals surface area contributed by atoms with Gasteiger partial charge in [-0.1, -0.05) is 6.07 Å². The highest BCUT2D eigenvalue weighted by atomic mass is 19.1. The Hall–Kier alpha value is -2.07. The van der Waals surface area contributed by atoms with Crippen LogP contribution >= 0.6 is 0 Å². The second-order valence-electron chi connectivity index (χ2n) is 6.13. The fourth-order valence-corrected chi connectivity index (χ4v) is 3.87. The van der Waals surface area contributed by atoms with E-state index in [1.807, 2.05) is 6.07 Å². The van der Waals surface area contributed by atoms with Gasteiger partial charge in [0.15, 0.2) is 11.5 Å². The number of likely N-dealkylation sites (N-methyl/N-ethyl adjacent to an activating group) is 1. The van der Waals surface area contributed by atoms with Crippen LogP contribution in [-0.4, -0.2) is 30.7 Å². The minimum absolute atomic E-state index is 0.111. The molecule has 1 N–H and O–H groups in total. The molecule has 0 saturated heterocycles. The molecule has 1 atom stereocenters. The zero-order valence-electron chi connectivity index (χ0n) is 12.7. The molecule has 4 heteroatoms. The van der Waals surface area contributed by atoms with Crippen molar-refractivity contribution in [3.8, 4) is 22.6 Å². The zero-order valence-corrected chi connectivity index (χ0v) is 12.7. The van der Waals surface area contributed by atoms with Crippen molar-refractivity contribution in [3.63, 3.8) is 0 Å². The Bertz CT molecular complexity index is 772. The van der Waals surface area contributed by atoms with Crippen molar-refractivity contribution in [1.82, 2.24) is 4.90 Å². The molecule has 0 radical (unpaired) electrons. The van der Waals surface area contributed by atoms with Gasteiger partial charge in [-0.2, -0.15) is 0 Å². The number of phenols is 1. The van der Waals surface area contributed by atoms with E-state index in [-0.39, 0.29) is 17.6 Å². The number of hydrogen-bond acceptors (Lipinski definition) is 3. The maximum atomic E-state index is 14.1. The first-order valence-corrected chi connectivity index (χ1v) is 7.52. The zero-order chi connectivity index (χ0) is 15.4. The number of rotatable bonds is 1. The third kappa shape index (κ3) is 1.77. The van der Waals surface area contributed by atoms with E-state index < -0.39 is 0 Å². The molecule has 2 aromatic carbocycles. The molecule has 2 aromatic rings. The highest BCUT2D eigenvalue weighted by molar-refractivity contribution is 5.82. The first-order valence-electron chi connectivity index (χ1n) is 7.52. The average Bonchev–Trinajstić information content (AvgIpc) is 2.50. The van der Waals surface area contributed by atoms with Crippen molar-refractivity contribution < 1.29 is 14.2 Å². The van der Waals surface area contributed by atoms with Crippen LogP contribution in [0.2, 0.25) is 0 Å². The van der Waals surface area contributed by atoms with Crippen LogP contribution < -0.4 is 4.74 Å². The normalized spacial score (nSPS) is 19.5. The van der Waals surface area contributed by atoms with Crippen LogP contribution in [0.1, 0.15) is 22.7 Å². The molecule has 3 nitrogen and oxygen atoms in total. The largest absolute Gasteiger partial charge is 0.504 e. The lowest BCUT2D eigenvalue weighted by Crippen LogP contribution is -2.35. The summed E-state index contributed by atoms with van der Waals surface area (Å²) in [4.78, 5) is 2.31. The van der Waals surface area contributed by atoms with Gasteiger partial charge in [-0.3, -0.25) is 4.90 Å². The van der Waals surface area contributed by atoms with Gasteiger partial charge in [0.2, 0.25) is 0 Å². The topological polar surface area (TPSA) is 32.7 Å². The predicted octanol–water partition coefficient (Wildman–Crippen LogP) is 3.29. The van der Waals surface area contributed by atoms with Gasteiger partial charge in [0, 0.05) is 18.2 Å². The van der Waals surface area contributed by atoms with Crippen molar-refractivity contribution >= 4 is 0 Å². The Morgan fingerprint density at radius 2 is 2.09 bits per heavy atom. The summed E-state index contributed by atoms with van der Waals surface area (Å²) >= 11 is 0. The van der Waals surface area contributed by atoms with Gasteiger partial charge in [0.25, 0.3) is 0 Å². The van der Waals surface area contributed by atoms with Crippen LogP contribution in [0, 0.1) is 5.82 Å². The third-order valence-electron chi connectivity index (χ3n) is 4.96. The molecule has 0 saturated carbocycles. The summed E-state index contributed by atoms with van der Waals surface area (Å²) in [5, 5.41) is 10.5. The summed E-state index contributed by atoms with van der Waals surface area (Å²) in [5.74, 6) is 0.297. The van der Waals surface area contributed by atoms with Crippen LogP contribution in [0.15, 0.2) is 24.3 Å². The van der Waals surface area contributed by atoms with Crippen LogP contribution in [0.3, 0.4) is 0 Å². The number of halogens is 1. The van der Waals surface area contributed by atoms with Gasteiger partial charge in [0.1, 0.15) is 5.82 Å². The summed E-state index contributed by atoms with van der Waals surface area (Å²) < 4.78 is 19.3. The number of nitrogens with zero attached hydrogens (tertiary/aromatic N) is 1. The molecule has 0 fully saturated rings. The van der Waals surface area contributed by atoms with Gasteiger partial charge in [-0.05, 0) is 60.3 Å². The molecule has 4 rings (SSSR count). The number of phenolic OH excluding ortho intramolecular Hbond substituents is 1. The van der Waals surface area contributed by atoms with Crippen LogP contribution in [0.4, 0.5) is 4.39 Å². The molecule has 2 aliphatic rings. The molecule has 0 spiro atoms. The van der Waals surface area contributed by atoms with Crippen LogP contribution in [0.5, 0.6) is 11.5 Å². The lowest BCUT2D eigenvalue weighted by molar-refractivity contribution is 0.227. The molecule has 114 valence electrons. The number of methoxy groups -OCH3 is 1. The summed E-state index contributed by atoms with van der Waals surface area (Å²) in [6.45, 7) is 0.929. The second kappa shape index (κ2) is 4.71. The molecule has 0 bridgehead atoms. The Morgan fingerprint density at radius 1 is 1.27 bits per heavy atom. The van der Waals surface area contributed by atoms with E-state index in [0.29, 0.717) is 5.75 Å². The maximum absolute atomic E-state index is 14.1. The first-order chi connectivity index (χ1) is 10.6. The number of benzene rings is 2. The van der Waals surface area contributed by atoms with Gasteiger partial charge >= 0.3 is 0 Å². The van der Waals surface area contributed by atoms with E-state index in [1.54, 1.807) is 18.2 Å². The lowest BCUT2D eigenvalue weighted by atomic mass is 9.77. The van der Waals surface area contributed by atoms with E-state index in [9.17, 15) is 9.50 Å². The Labute approximate surface area is 128 Å². The smallest absolute Gasteiger partial charge is 0.165 e. The molecule has 1 aliphatic carbocycles. The Morgan fingerprint density at radius 3 is 2.86 bits per heavy atom. The van der Waals surface area contributed by atoms with Crippen molar-refractivity contribution in [1.29, 1.82) is 0 Å². The van der Waals surface area contributed by atoms with E-state index in [1.165, 1.54) is 7.11 Å². The highest BCUT2D eigenvalue weighted by Gasteiger charge is 2.35. The molecule has 0 amide bonds. The summed E-state index contributed by atoms with van der Waals surface area (Å²) in [6, 6.07) is 7.19. The third-order valence-corrected chi connectivity index (χ3v) is 4.96. The fraction of sp³-hybridized carbons (Fsp3) is 0.333. The SMILES string of the molecule is COc1ccc2c(c1O)-c1cc(F)cc3c1[C@@H](C2)N(C)CC3. The molecule has 0 unspecified atom stereocenters. The maximum Gasteiger partial charge on any atom is 0.165 e. The van der Waals surface area contributed by atoms with Crippen LogP contribution in [-0.2, 0) is 12.8 Å². The molecular weight excluding hydrogens is 281 g/mol. The minimum Gasteiger partial charge on any atom is -0.504 e. The quantitative estimate of drug-likeness (QED) is 0.877. The summed E-state index contributed by atoms with van der Waals surface area (Å²) in [6.07, 6.45) is 1.67. The summed E-state index contributed by atoms with van der Waals surface area (Å²) in [5.41, 5.74) is 4.80. The van der Waals surface area contributed by atoms with Gasteiger partial charge in [0.05, 0.1) is 7.11 Å². The number of ether oxygens (including phenoxy) is 1. The Balaban J connectivity index is 2.05. The van der Waals surface area contributed by atoms with Gasteiger partial charge < -0.3 is 9.84 Å². The standard InChI is InChI=1S/C18H18FNO2/c1-20-6-5-11-7-12(19)9-13-16(11)14(20)8-10-3-4-15(22-2)18(21)17(10)13/h3-4,7,9,14,21H,5-6,8H2,1-2H3/t14-/m1/s1. The fourth-order valence-electron chi connectivity index (χ4n) is 3.87. The van der Waals surface area contributed by atoms with Crippen molar-refractivity contribution in [2.24, 2.45) is 0 Å². The van der Waals surface area contributed by atoms with Gasteiger partial charge in [-0.15, -0.1) is 0 Å². The highest BCUT2D eigenvalue weighted by Crippen LogP contribution is 2.50. The van der Waals surface area contributed by atoms with E-state index in [4.69, 9.17) is 4.74 Å².